The van der Waals surface area contributed by atoms with Crippen molar-refractivity contribution in [3.05, 3.63) is 48.1 Å². The number of carbonyl (C=O) groups excluding carboxylic acids is 3. The zero-order chi connectivity index (χ0) is 21.6. The van der Waals surface area contributed by atoms with Crippen LogP contribution in [0.3, 0.4) is 0 Å². The third kappa shape index (κ3) is 5.55. The molecule has 0 fully saturated rings. The van der Waals surface area contributed by atoms with E-state index in [9.17, 15) is 19.6 Å². The number of carbonyl (C=O) groups is 3. The molecule has 0 spiro atoms. The quantitative estimate of drug-likeness (QED) is 0.218. The summed E-state index contributed by atoms with van der Waals surface area (Å²) in [4.78, 5) is 37.9. The molecule has 0 N–H and O–H groups in total. The average molecular weight is 527 g/mol. The van der Waals surface area contributed by atoms with Gasteiger partial charge in [0.25, 0.3) is 0 Å². The summed E-state index contributed by atoms with van der Waals surface area (Å²) >= 11 is 2.97. The fourth-order valence-corrected chi connectivity index (χ4v) is 4.14. The molecule has 0 aliphatic heterocycles. The standard InChI is InChI=1S/C20H18INO6S/c1-4-26-19(24)17-11(3)18(20(25)27-5-2)29-15(17)9-14(23)12(10-22)8-13-6-7-16(21)28-13/h6-8H,4-5,9H2,1-3H3/b12-8+. The van der Waals surface area contributed by atoms with Gasteiger partial charge in [-0.2, -0.15) is 5.26 Å². The Morgan fingerprint density at radius 2 is 1.86 bits per heavy atom. The van der Waals surface area contributed by atoms with E-state index in [0.717, 1.165) is 11.3 Å². The van der Waals surface area contributed by atoms with Gasteiger partial charge in [0.2, 0.25) is 0 Å². The van der Waals surface area contributed by atoms with E-state index < -0.39 is 17.7 Å². The summed E-state index contributed by atoms with van der Waals surface area (Å²) in [5, 5.41) is 9.38. The normalized spacial score (nSPS) is 11.1. The molecule has 0 aliphatic carbocycles. The van der Waals surface area contributed by atoms with Crippen molar-refractivity contribution in [3.63, 3.8) is 0 Å². The van der Waals surface area contributed by atoms with Crippen LogP contribution >= 0.6 is 33.9 Å². The van der Waals surface area contributed by atoms with Crippen LogP contribution in [-0.4, -0.2) is 30.9 Å². The van der Waals surface area contributed by atoms with Crippen molar-refractivity contribution in [1.82, 2.24) is 0 Å². The number of rotatable bonds is 8. The molecule has 2 heterocycles. The van der Waals surface area contributed by atoms with Crippen LogP contribution in [0.15, 0.2) is 22.1 Å². The number of thiophene rings is 1. The lowest BCUT2D eigenvalue weighted by atomic mass is 10.0. The van der Waals surface area contributed by atoms with E-state index in [1.165, 1.54) is 6.08 Å². The Kier molecular flexibility index (Phi) is 8.16. The number of hydrogen-bond donors (Lipinski definition) is 0. The molecule has 0 bridgehead atoms. The summed E-state index contributed by atoms with van der Waals surface area (Å²) in [5.41, 5.74) is 0.449. The third-order valence-corrected chi connectivity index (χ3v) is 5.63. The van der Waals surface area contributed by atoms with Crippen molar-refractivity contribution in [2.24, 2.45) is 0 Å². The Labute approximate surface area is 185 Å². The lowest BCUT2D eigenvalue weighted by molar-refractivity contribution is -0.114. The molecular formula is C20H18INO6S. The molecule has 0 unspecified atom stereocenters. The maximum atomic E-state index is 12.7. The largest absolute Gasteiger partial charge is 0.462 e. The van der Waals surface area contributed by atoms with E-state index in [1.54, 1.807) is 32.9 Å². The number of nitriles is 1. The van der Waals surface area contributed by atoms with Crippen molar-refractivity contribution in [1.29, 1.82) is 5.26 Å². The minimum atomic E-state index is -0.623. The first kappa shape index (κ1) is 22.8. The van der Waals surface area contributed by atoms with E-state index in [0.29, 0.717) is 20.0 Å². The lowest BCUT2D eigenvalue weighted by Gasteiger charge is -2.05. The van der Waals surface area contributed by atoms with Crippen LogP contribution in [0.2, 0.25) is 0 Å². The summed E-state index contributed by atoms with van der Waals surface area (Å²) < 4.78 is 16.1. The topological polar surface area (TPSA) is 107 Å². The van der Waals surface area contributed by atoms with Gasteiger partial charge in [-0.15, -0.1) is 11.3 Å². The summed E-state index contributed by atoms with van der Waals surface area (Å²) in [7, 11) is 0. The monoisotopic (exact) mass is 527 g/mol. The third-order valence-electron chi connectivity index (χ3n) is 3.78. The van der Waals surface area contributed by atoms with Crippen molar-refractivity contribution in [3.8, 4) is 6.07 Å². The molecule has 2 aromatic heterocycles. The van der Waals surface area contributed by atoms with E-state index in [2.05, 4.69) is 0 Å². The molecule has 0 amide bonds. The average Bonchev–Trinajstić information content (AvgIpc) is 3.22. The Bertz CT molecular complexity index is 1010. The number of ketones is 1. The summed E-state index contributed by atoms with van der Waals surface area (Å²) in [6, 6.07) is 5.21. The molecule has 0 saturated heterocycles. The summed E-state index contributed by atoms with van der Waals surface area (Å²) in [5.74, 6) is -1.32. The van der Waals surface area contributed by atoms with E-state index in [1.807, 2.05) is 28.7 Å². The number of Topliss-reactive ketones (excluding diaryl/α,β-unsaturated/α-hetero) is 1. The van der Waals surface area contributed by atoms with Gasteiger partial charge in [-0.3, -0.25) is 4.79 Å². The van der Waals surface area contributed by atoms with Gasteiger partial charge in [-0.05, 0) is 61.1 Å². The van der Waals surface area contributed by atoms with Gasteiger partial charge in [0.15, 0.2) is 9.55 Å². The molecule has 152 valence electrons. The van der Waals surface area contributed by atoms with Crippen LogP contribution in [-0.2, 0) is 20.7 Å². The number of allylic oxidation sites excluding steroid dienone is 1. The highest BCUT2D eigenvalue weighted by Crippen LogP contribution is 2.31. The number of halogens is 1. The minimum absolute atomic E-state index is 0.116. The number of furan rings is 1. The second-order valence-corrected chi connectivity index (χ2v) is 7.88. The summed E-state index contributed by atoms with van der Waals surface area (Å²) in [6.45, 7) is 5.28. The fourth-order valence-electron chi connectivity index (χ4n) is 2.52. The van der Waals surface area contributed by atoms with Gasteiger partial charge >= 0.3 is 11.9 Å². The smallest absolute Gasteiger partial charge is 0.348 e. The molecule has 0 aromatic carbocycles. The van der Waals surface area contributed by atoms with Crippen molar-refractivity contribution in [2.75, 3.05) is 13.2 Å². The molecular weight excluding hydrogens is 509 g/mol. The molecule has 0 atom stereocenters. The zero-order valence-corrected chi connectivity index (χ0v) is 19.0. The second-order valence-electron chi connectivity index (χ2n) is 5.71. The van der Waals surface area contributed by atoms with Crippen LogP contribution in [0, 0.1) is 22.0 Å². The van der Waals surface area contributed by atoms with E-state index in [-0.39, 0.29) is 35.6 Å². The van der Waals surface area contributed by atoms with Crippen molar-refractivity contribution < 1.29 is 28.3 Å². The maximum Gasteiger partial charge on any atom is 0.348 e. The first-order chi connectivity index (χ1) is 13.8. The molecule has 0 aliphatic rings. The highest BCUT2D eigenvalue weighted by atomic mass is 127. The predicted octanol–water partition coefficient (Wildman–Crippen LogP) is 4.33. The fraction of sp³-hybridized carbons (Fsp3) is 0.300. The highest BCUT2D eigenvalue weighted by molar-refractivity contribution is 14.1. The van der Waals surface area contributed by atoms with Crippen LogP contribution in [0.4, 0.5) is 0 Å². The predicted molar refractivity (Wildman–Crippen MR) is 115 cm³/mol. The second kappa shape index (κ2) is 10.4. The number of nitrogens with zero attached hydrogens (tertiary/aromatic N) is 1. The van der Waals surface area contributed by atoms with Crippen LogP contribution in [0.5, 0.6) is 0 Å². The number of hydrogen-bond acceptors (Lipinski definition) is 8. The van der Waals surface area contributed by atoms with Crippen LogP contribution in [0.25, 0.3) is 6.08 Å². The Balaban J connectivity index is 2.41. The molecule has 2 rings (SSSR count). The molecule has 0 radical (unpaired) electrons. The summed E-state index contributed by atoms with van der Waals surface area (Å²) in [6.07, 6.45) is 1.12. The van der Waals surface area contributed by atoms with Gasteiger partial charge in [-0.1, -0.05) is 0 Å². The SMILES string of the molecule is CCOC(=O)c1sc(CC(=O)/C(C#N)=C/c2ccc(I)o2)c(C(=O)OCC)c1C. The Hall–Kier alpha value is -2.45. The molecule has 2 aromatic rings. The lowest BCUT2D eigenvalue weighted by Crippen LogP contribution is -2.12. The first-order valence-electron chi connectivity index (χ1n) is 8.69. The van der Waals surface area contributed by atoms with Crippen molar-refractivity contribution >= 4 is 57.7 Å². The van der Waals surface area contributed by atoms with E-state index in [4.69, 9.17) is 13.9 Å². The van der Waals surface area contributed by atoms with Gasteiger partial charge in [0.1, 0.15) is 16.7 Å². The Morgan fingerprint density at radius 1 is 1.21 bits per heavy atom. The van der Waals surface area contributed by atoms with Gasteiger partial charge < -0.3 is 13.9 Å². The van der Waals surface area contributed by atoms with Crippen LogP contribution in [0.1, 0.15) is 50.1 Å². The Morgan fingerprint density at radius 3 is 2.41 bits per heavy atom. The van der Waals surface area contributed by atoms with Gasteiger partial charge in [0.05, 0.1) is 24.4 Å². The molecule has 9 heteroatoms. The van der Waals surface area contributed by atoms with Gasteiger partial charge in [-0.25, -0.2) is 9.59 Å². The van der Waals surface area contributed by atoms with Crippen LogP contribution < -0.4 is 0 Å². The molecule has 7 nitrogen and oxygen atoms in total. The minimum Gasteiger partial charge on any atom is -0.462 e. The van der Waals surface area contributed by atoms with Gasteiger partial charge in [0, 0.05) is 17.4 Å². The maximum absolute atomic E-state index is 12.7. The number of ether oxygens (including phenoxy) is 2. The molecule has 0 saturated carbocycles. The first-order valence-corrected chi connectivity index (χ1v) is 10.6. The number of esters is 2. The zero-order valence-electron chi connectivity index (χ0n) is 16.0. The highest BCUT2D eigenvalue weighted by Gasteiger charge is 2.28. The molecule has 29 heavy (non-hydrogen) atoms. The van der Waals surface area contributed by atoms with Crippen molar-refractivity contribution in [2.45, 2.75) is 27.2 Å². The van der Waals surface area contributed by atoms with E-state index >= 15 is 0 Å².